The summed E-state index contributed by atoms with van der Waals surface area (Å²) in [4.78, 5) is 2.37. The van der Waals surface area contributed by atoms with E-state index in [9.17, 15) is 0 Å². The molecule has 2 unspecified atom stereocenters. The maximum absolute atomic E-state index is 5.39. The van der Waals surface area contributed by atoms with E-state index >= 15 is 0 Å². The Kier molecular flexibility index (Phi) is 5.58. The first-order valence-electron chi connectivity index (χ1n) is 6.12. The van der Waals surface area contributed by atoms with Gasteiger partial charge in [-0.15, -0.1) is 0 Å². The zero-order valence-electron chi connectivity index (χ0n) is 10.6. The first-order chi connectivity index (χ1) is 7.11. The molecular formula is C12H26N2O. The van der Waals surface area contributed by atoms with Crippen LogP contribution in [-0.2, 0) is 4.74 Å². The topological polar surface area (TPSA) is 24.5 Å². The van der Waals surface area contributed by atoms with Crippen LogP contribution in [0.4, 0.5) is 0 Å². The fourth-order valence-corrected chi connectivity index (χ4v) is 1.84. The minimum Gasteiger partial charge on any atom is -0.381 e. The van der Waals surface area contributed by atoms with Crippen LogP contribution in [0.3, 0.4) is 0 Å². The van der Waals surface area contributed by atoms with E-state index in [-0.39, 0.29) is 0 Å². The molecule has 1 N–H and O–H groups in total. The van der Waals surface area contributed by atoms with Gasteiger partial charge in [-0.2, -0.15) is 0 Å². The lowest BCUT2D eigenvalue weighted by Crippen LogP contribution is -2.40. The molecule has 1 aliphatic rings. The fourth-order valence-electron chi connectivity index (χ4n) is 1.84. The van der Waals surface area contributed by atoms with E-state index in [0.717, 1.165) is 26.3 Å². The van der Waals surface area contributed by atoms with Gasteiger partial charge in [0, 0.05) is 31.8 Å². The summed E-state index contributed by atoms with van der Waals surface area (Å²) >= 11 is 0. The normalized spacial score (nSPS) is 24.0. The summed E-state index contributed by atoms with van der Waals surface area (Å²) in [5, 5.41) is 3.59. The molecule has 3 nitrogen and oxygen atoms in total. The lowest BCUT2D eigenvalue weighted by Gasteiger charge is -2.24. The summed E-state index contributed by atoms with van der Waals surface area (Å²) in [6.07, 6.45) is 1.22. The van der Waals surface area contributed by atoms with Crippen molar-refractivity contribution in [2.24, 2.45) is 5.92 Å². The summed E-state index contributed by atoms with van der Waals surface area (Å²) < 4.78 is 5.39. The Bertz CT molecular complexity index is 167. The highest BCUT2D eigenvalue weighted by molar-refractivity contribution is 4.76. The van der Waals surface area contributed by atoms with Crippen LogP contribution in [0.5, 0.6) is 0 Å². The molecule has 1 heterocycles. The molecule has 0 aromatic carbocycles. The highest BCUT2D eigenvalue weighted by Gasteiger charge is 2.21. The number of nitrogens with one attached hydrogen (secondary N) is 1. The first-order valence-corrected chi connectivity index (χ1v) is 6.12. The number of hydrogen-bond acceptors (Lipinski definition) is 3. The third-order valence-corrected chi connectivity index (χ3v) is 3.48. The average Bonchev–Trinajstić information content (AvgIpc) is 2.70. The van der Waals surface area contributed by atoms with Gasteiger partial charge in [0.15, 0.2) is 0 Å². The molecule has 0 aromatic heterocycles. The predicted octanol–water partition coefficient (Wildman–Crippen LogP) is 1.34. The van der Waals surface area contributed by atoms with Gasteiger partial charge in [-0.05, 0) is 40.2 Å². The summed E-state index contributed by atoms with van der Waals surface area (Å²) in [7, 11) is 2.18. The lowest BCUT2D eigenvalue weighted by atomic mass is 10.0. The average molecular weight is 214 g/mol. The molecule has 0 aliphatic carbocycles. The van der Waals surface area contributed by atoms with Gasteiger partial charge in [0.25, 0.3) is 0 Å². The maximum Gasteiger partial charge on any atom is 0.0509 e. The Morgan fingerprint density at radius 1 is 1.40 bits per heavy atom. The highest BCUT2D eigenvalue weighted by Crippen LogP contribution is 2.15. The molecule has 90 valence electrons. The zero-order valence-corrected chi connectivity index (χ0v) is 10.6. The molecular weight excluding hydrogens is 188 g/mol. The smallest absolute Gasteiger partial charge is 0.0509 e. The van der Waals surface area contributed by atoms with E-state index < -0.39 is 0 Å². The van der Waals surface area contributed by atoms with E-state index in [1.54, 1.807) is 0 Å². The van der Waals surface area contributed by atoms with Gasteiger partial charge in [-0.3, -0.25) is 0 Å². The number of rotatable bonds is 6. The molecule has 0 bridgehead atoms. The Hall–Kier alpha value is -0.120. The summed E-state index contributed by atoms with van der Waals surface area (Å²) in [5.41, 5.74) is 0. The van der Waals surface area contributed by atoms with Crippen molar-refractivity contribution in [2.45, 2.75) is 39.3 Å². The Morgan fingerprint density at radius 3 is 2.67 bits per heavy atom. The van der Waals surface area contributed by atoms with Gasteiger partial charge < -0.3 is 15.0 Å². The van der Waals surface area contributed by atoms with E-state index in [4.69, 9.17) is 4.74 Å². The second-order valence-electron chi connectivity index (χ2n) is 4.94. The Balaban J connectivity index is 2.08. The largest absolute Gasteiger partial charge is 0.381 e. The summed E-state index contributed by atoms with van der Waals surface area (Å²) in [6.45, 7) is 10.8. The molecule has 0 aromatic rings. The molecule has 1 saturated heterocycles. The van der Waals surface area contributed by atoms with Crippen LogP contribution in [0.2, 0.25) is 0 Å². The Labute approximate surface area is 94.2 Å². The molecule has 2 atom stereocenters. The molecule has 0 saturated carbocycles. The number of ether oxygens (including phenoxy) is 1. The van der Waals surface area contributed by atoms with Crippen molar-refractivity contribution < 1.29 is 4.74 Å². The van der Waals surface area contributed by atoms with E-state index in [1.807, 2.05) is 0 Å². The fraction of sp³-hybridized carbons (Fsp3) is 1.00. The standard InChI is InChI=1S/C12H26N2O/c1-10(2)14(4)7-6-13-11(3)12-5-8-15-9-12/h10-13H,5-9H2,1-4H3. The SMILES string of the molecule is CC(NCCN(C)C(C)C)C1CCOC1. The molecule has 3 heteroatoms. The van der Waals surface area contributed by atoms with Crippen LogP contribution >= 0.6 is 0 Å². The third-order valence-electron chi connectivity index (χ3n) is 3.48. The van der Waals surface area contributed by atoms with Crippen molar-refractivity contribution in [3.8, 4) is 0 Å². The van der Waals surface area contributed by atoms with E-state index in [0.29, 0.717) is 18.0 Å². The first kappa shape index (κ1) is 12.9. The quantitative estimate of drug-likeness (QED) is 0.722. The third kappa shape index (κ3) is 4.49. The predicted molar refractivity (Wildman–Crippen MR) is 64.2 cm³/mol. The van der Waals surface area contributed by atoms with Crippen LogP contribution in [0.15, 0.2) is 0 Å². The monoisotopic (exact) mass is 214 g/mol. The minimum absolute atomic E-state index is 0.591. The van der Waals surface area contributed by atoms with Crippen molar-refractivity contribution in [3.05, 3.63) is 0 Å². The minimum atomic E-state index is 0.591. The molecule has 15 heavy (non-hydrogen) atoms. The van der Waals surface area contributed by atoms with Crippen LogP contribution in [0.25, 0.3) is 0 Å². The molecule has 1 aliphatic heterocycles. The van der Waals surface area contributed by atoms with Gasteiger partial charge in [0.2, 0.25) is 0 Å². The number of likely N-dealkylation sites (N-methyl/N-ethyl adjacent to an activating group) is 1. The van der Waals surface area contributed by atoms with E-state index in [2.05, 4.69) is 38.0 Å². The second kappa shape index (κ2) is 6.46. The van der Waals surface area contributed by atoms with Gasteiger partial charge >= 0.3 is 0 Å². The van der Waals surface area contributed by atoms with Gasteiger partial charge in [0.05, 0.1) is 6.61 Å². The van der Waals surface area contributed by atoms with Crippen LogP contribution < -0.4 is 5.32 Å². The van der Waals surface area contributed by atoms with Crippen molar-refractivity contribution in [1.29, 1.82) is 0 Å². The second-order valence-corrected chi connectivity index (χ2v) is 4.94. The van der Waals surface area contributed by atoms with Crippen molar-refractivity contribution in [3.63, 3.8) is 0 Å². The molecule has 1 fully saturated rings. The lowest BCUT2D eigenvalue weighted by molar-refractivity contribution is 0.177. The van der Waals surface area contributed by atoms with Crippen LogP contribution in [0.1, 0.15) is 27.2 Å². The van der Waals surface area contributed by atoms with Crippen LogP contribution in [0, 0.1) is 5.92 Å². The molecule has 0 spiro atoms. The van der Waals surface area contributed by atoms with E-state index in [1.165, 1.54) is 6.42 Å². The Morgan fingerprint density at radius 2 is 2.13 bits per heavy atom. The molecule has 0 radical (unpaired) electrons. The molecule has 0 amide bonds. The van der Waals surface area contributed by atoms with Crippen LogP contribution in [-0.4, -0.2) is 50.3 Å². The van der Waals surface area contributed by atoms with Crippen molar-refractivity contribution in [2.75, 3.05) is 33.4 Å². The van der Waals surface area contributed by atoms with Gasteiger partial charge in [-0.25, -0.2) is 0 Å². The maximum atomic E-state index is 5.39. The van der Waals surface area contributed by atoms with Crippen molar-refractivity contribution >= 4 is 0 Å². The van der Waals surface area contributed by atoms with Gasteiger partial charge in [-0.1, -0.05) is 0 Å². The summed E-state index contributed by atoms with van der Waals surface area (Å²) in [5.74, 6) is 0.717. The highest BCUT2D eigenvalue weighted by atomic mass is 16.5. The molecule has 1 rings (SSSR count). The number of hydrogen-bond donors (Lipinski definition) is 1. The summed E-state index contributed by atoms with van der Waals surface area (Å²) in [6, 6.07) is 1.23. The number of nitrogens with zero attached hydrogens (tertiary/aromatic N) is 1. The zero-order chi connectivity index (χ0) is 11.3. The van der Waals surface area contributed by atoms with Gasteiger partial charge in [0.1, 0.15) is 0 Å². The van der Waals surface area contributed by atoms with Crippen molar-refractivity contribution in [1.82, 2.24) is 10.2 Å².